The Hall–Kier alpha value is -6.20. The molecule has 0 atom stereocenters. The molecular formula is C44H68N12O4. The van der Waals surface area contributed by atoms with Gasteiger partial charge in [-0.05, 0) is 105 Å². The summed E-state index contributed by atoms with van der Waals surface area (Å²) >= 11 is 0. The van der Waals surface area contributed by atoms with Crippen LogP contribution in [0.1, 0.15) is 70.8 Å². The lowest BCUT2D eigenvalue weighted by Gasteiger charge is -2.14. The van der Waals surface area contributed by atoms with E-state index in [4.69, 9.17) is 23.4 Å². The number of hydrogen-bond donors (Lipinski definition) is 12. The van der Waals surface area contributed by atoms with Crippen molar-refractivity contribution in [2.24, 2.45) is 23.4 Å². The second-order valence-corrected chi connectivity index (χ2v) is 13.8. The Bertz CT molecular complexity index is 1920. The van der Waals surface area contributed by atoms with E-state index >= 15 is 0 Å². The van der Waals surface area contributed by atoms with Gasteiger partial charge in [-0.15, -0.1) is 0 Å². The SMILES string of the molecule is CCc1cccc(C)c1NCC(=O)NN.CCc1cccc(CC)c1NCC(=O)NN.Cc1cc(C)c(NCC(=O)NN)c(C)c1.Cc1cccc(C)c1NCC(=O)NN. The third-order valence-corrected chi connectivity index (χ3v) is 9.24. The first-order chi connectivity index (χ1) is 28.6. The number of nitrogens with one attached hydrogen (secondary N) is 8. The quantitative estimate of drug-likeness (QED) is 0.0463. The maximum Gasteiger partial charge on any atom is 0.253 e. The predicted molar refractivity (Wildman–Crippen MR) is 246 cm³/mol. The van der Waals surface area contributed by atoms with E-state index in [0.717, 1.165) is 69.8 Å². The zero-order valence-electron chi connectivity index (χ0n) is 36.7. The van der Waals surface area contributed by atoms with Crippen LogP contribution in [0.2, 0.25) is 0 Å². The lowest BCUT2D eigenvalue weighted by atomic mass is 10.0. The van der Waals surface area contributed by atoms with Gasteiger partial charge in [0.15, 0.2) is 0 Å². The molecule has 4 amide bonds. The number of para-hydroxylation sites is 3. The minimum Gasteiger partial charge on any atom is -0.376 e. The molecule has 0 aliphatic heterocycles. The Labute approximate surface area is 355 Å². The van der Waals surface area contributed by atoms with Crippen LogP contribution in [0.5, 0.6) is 0 Å². The van der Waals surface area contributed by atoms with E-state index in [-0.39, 0.29) is 49.8 Å². The molecule has 0 bridgehead atoms. The number of rotatable bonds is 15. The van der Waals surface area contributed by atoms with Crippen LogP contribution in [-0.4, -0.2) is 49.8 Å². The molecular weight excluding hydrogens is 761 g/mol. The van der Waals surface area contributed by atoms with Crippen LogP contribution >= 0.6 is 0 Å². The lowest BCUT2D eigenvalue weighted by molar-refractivity contribution is -0.120. The molecule has 16 N–H and O–H groups in total. The molecule has 0 aliphatic carbocycles. The van der Waals surface area contributed by atoms with E-state index in [1.54, 1.807) is 0 Å². The topological polar surface area (TPSA) is 269 Å². The van der Waals surface area contributed by atoms with E-state index in [9.17, 15) is 19.2 Å². The molecule has 16 heteroatoms. The highest BCUT2D eigenvalue weighted by Gasteiger charge is 2.09. The first-order valence-electron chi connectivity index (χ1n) is 19.9. The molecule has 0 aromatic heterocycles. The van der Waals surface area contributed by atoms with E-state index in [1.807, 2.05) is 71.0 Å². The van der Waals surface area contributed by atoms with Gasteiger partial charge in [-0.3, -0.25) is 40.9 Å². The lowest BCUT2D eigenvalue weighted by Crippen LogP contribution is -2.35. The number of carbonyl (C=O) groups excluding carboxylic acids is 4. The summed E-state index contributed by atoms with van der Waals surface area (Å²) in [5, 5.41) is 12.3. The van der Waals surface area contributed by atoms with Crippen molar-refractivity contribution >= 4 is 46.4 Å². The number of anilines is 4. The highest BCUT2D eigenvalue weighted by Crippen LogP contribution is 2.23. The number of hydrogen-bond acceptors (Lipinski definition) is 12. The molecule has 4 aromatic rings. The van der Waals surface area contributed by atoms with Gasteiger partial charge in [0.1, 0.15) is 0 Å². The smallest absolute Gasteiger partial charge is 0.253 e. The molecule has 0 aliphatic rings. The van der Waals surface area contributed by atoms with Crippen molar-refractivity contribution in [1.82, 2.24) is 21.7 Å². The van der Waals surface area contributed by atoms with Crippen molar-refractivity contribution in [2.75, 3.05) is 47.4 Å². The highest BCUT2D eigenvalue weighted by atomic mass is 16.2. The number of hydrazine groups is 4. The predicted octanol–water partition coefficient (Wildman–Crippen LogP) is 3.89. The van der Waals surface area contributed by atoms with E-state index < -0.39 is 0 Å². The molecule has 0 saturated carbocycles. The number of nitrogens with two attached hydrogens (primary N) is 4. The third-order valence-electron chi connectivity index (χ3n) is 9.24. The Morgan fingerprint density at radius 2 is 0.667 bits per heavy atom. The van der Waals surface area contributed by atoms with Crippen molar-refractivity contribution in [3.8, 4) is 0 Å². The van der Waals surface area contributed by atoms with E-state index in [0.29, 0.717) is 0 Å². The Kier molecular flexibility index (Phi) is 24.4. The summed E-state index contributed by atoms with van der Waals surface area (Å²) in [6, 6.07) is 22.4. The number of amides is 4. The van der Waals surface area contributed by atoms with Crippen molar-refractivity contribution < 1.29 is 19.2 Å². The number of aryl methyl sites for hydroxylation is 9. The standard InChI is InChI=1S/C12H19N3O.2C11H17N3O.C10H15N3O/c1-3-9-6-5-7-10(4-2)12(9)14-8-11(16)15-13;1-7-4-8(2)11(9(3)5-7)13-6-10(15)14-12;1-3-9-6-4-5-8(2)11(9)13-7-10(15)14-12;1-7-4-3-5-8(2)10(7)12-6-9(14)13-11/h5-7,14H,3-4,8,13H2,1-2H3,(H,15,16);4-5,13H,6,12H2,1-3H3,(H,14,15);4-6,13H,3,7,12H2,1-2H3,(H,14,15);3-5,12H,6,11H2,1-2H3,(H,13,14). The molecule has 328 valence electrons. The summed E-state index contributed by atoms with van der Waals surface area (Å²) in [7, 11) is 0. The molecule has 60 heavy (non-hydrogen) atoms. The molecule has 4 aromatic carbocycles. The summed E-state index contributed by atoms with van der Waals surface area (Å²) in [4.78, 5) is 44.0. The van der Waals surface area contributed by atoms with Crippen molar-refractivity contribution in [2.45, 2.75) is 81.6 Å². The van der Waals surface area contributed by atoms with Gasteiger partial charge in [-0.1, -0.05) is 93.1 Å². The maximum absolute atomic E-state index is 11.1. The summed E-state index contributed by atoms with van der Waals surface area (Å²) in [6.45, 7) is 19.2. The number of benzene rings is 4. The van der Waals surface area contributed by atoms with Crippen LogP contribution in [0.4, 0.5) is 22.7 Å². The van der Waals surface area contributed by atoms with Gasteiger partial charge >= 0.3 is 0 Å². The van der Waals surface area contributed by atoms with E-state index in [2.05, 4.69) is 101 Å². The average Bonchev–Trinajstić information content (AvgIpc) is 3.24. The average molecular weight is 829 g/mol. The van der Waals surface area contributed by atoms with Crippen LogP contribution < -0.4 is 66.3 Å². The van der Waals surface area contributed by atoms with Gasteiger partial charge < -0.3 is 21.3 Å². The summed E-state index contributed by atoms with van der Waals surface area (Å²) in [6.07, 6.45) is 2.83. The van der Waals surface area contributed by atoms with Gasteiger partial charge in [0.05, 0.1) is 26.2 Å². The monoisotopic (exact) mass is 829 g/mol. The largest absolute Gasteiger partial charge is 0.376 e. The van der Waals surface area contributed by atoms with Gasteiger partial charge in [0.2, 0.25) is 0 Å². The zero-order valence-corrected chi connectivity index (χ0v) is 36.7. The summed E-state index contributed by atoms with van der Waals surface area (Å²) in [5.74, 6) is 19.1. The summed E-state index contributed by atoms with van der Waals surface area (Å²) < 4.78 is 0. The van der Waals surface area contributed by atoms with Gasteiger partial charge in [-0.2, -0.15) is 0 Å². The van der Waals surface area contributed by atoms with Crippen LogP contribution in [0, 0.1) is 41.5 Å². The molecule has 4 rings (SSSR count). The molecule has 0 spiro atoms. The minimum atomic E-state index is -0.229. The first kappa shape index (κ1) is 51.8. The summed E-state index contributed by atoms with van der Waals surface area (Å²) in [5.41, 5.74) is 23.0. The van der Waals surface area contributed by atoms with Crippen LogP contribution in [0.25, 0.3) is 0 Å². The fourth-order valence-electron chi connectivity index (χ4n) is 6.18. The molecule has 0 saturated heterocycles. The van der Waals surface area contributed by atoms with E-state index in [1.165, 1.54) is 22.3 Å². The third kappa shape index (κ3) is 18.2. The van der Waals surface area contributed by atoms with Gasteiger partial charge in [0.25, 0.3) is 23.6 Å². The van der Waals surface area contributed by atoms with Crippen molar-refractivity contribution in [3.63, 3.8) is 0 Å². The first-order valence-corrected chi connectivity index (χ1v) is 19.9. The fraction of sp³-hybridized carbons (Fsp3) is 0.364. The second-order valence-electron chi connectivity index (χ2n) is 13.8. The number of carbonyl (C=O) groups is 4. The highest BCUT2D eigenvalue weighted by molar-refractivity contribution is 5.82. The van der Waals surface area contributed by atoms with Crippen molar-refractivity contribution in [1.29, 1.82) is 0 Å². The Morgan fingerprint density at radius 1 is 0.400 bits per heavy atom. The van der Waals surface area contributed by atoms with Crippen LogP contribution in [0.15, 0.2) is 66.7 Å². The normalized spacial score (nSPS) is 9.82. The fourth-order valence-corrected chi connectivity index (χ4v) is 6.18. The maximum atomic E-state index is 11.1. The van der Waals surface area contributed by atoms with Crippen LogP contribution in [-0.2, 0) is 38.4 Å². The zero-order chi connectivity index (χ0) is 45.2. The van der Waals surface area contributed by atoms with Gasteiger partial charge in [0, 0.05) is 22.7 Å². The van der Waals surface area contributed by atoms with Crippen LogP contribution in [0.3, 0.4) is 0 Å². The molecule has 16 nitrogen and oxygen atoms in total. The molecule has 0 fully saturated rings. The van der Waals surface area contributed by atoms with Gasteiger partial charge in [-0.25, -0.2) is 23.4 Å². The molecule has 0 unspecified atom stereocenters. The Morgan fingerprint density at radius 3 is 1.02 bits per heavy atom. The second kappa shape index (κ2) is 28.3. The molecule has 0 radical (unpaired) electrons. The molecule has 0 heterocycles. The minimum absolute atomic E-state index is 0.196. The Balaban J connectivity index is 0.000000400. The van der Waals surface area contributed by atoms with Crippen molar-refractivity contribution in [3.05, 3.63) is 117 Å².